The molecule has 0 saturated carbocycles. The molecule has 0 amide bonds. The van der Waals surface area contributed by atoms with Gasteiger partial charge in [0.2, 0.25) is 0 Å². The Kier molecular flexibility index (Phi) is 3.18. The summed E-state index contributed by atoms with van der Waals surface area (Å²) < 4.78 is 12.0. The van der Waals surface area contributed by atoms with Crippen LogP contribution in [-0.4, -0.2) is 23.2 Å². The van der Waals surface area contributed by atoms with Gasteiger partial charge in [-0.1, -0.05) is 0 Å². The molecular formula is C12H10IN3O2. The van der Waals surface area contributed by atoms with Gasteiger partial charge in [0.25, 0.3) is 0 Å². The summed E-state index contributed by atoms with van der Waals surface area (Å²) in [6.45, 7) is 1.19. The fraction of sp³-hybridized carbons (Fsp3) is 0.167. The van der Waals surface area contributed by atoms with Crippen LogP contribution in [0.3, 0.4) is 0 Å². The van der Waals surface area contributed by atoms with Crippen LogP contribution in [0.1, 0.15) is 0 Å². The van der Waals surface area contributed by atoms with E-state index in [1.807, 2.05) is 18.2 Å². The molecule has 1 aliphatic heterocycles. The second kappa shape index (κ2) is 4.97. The van der Waals surface area contributed by atoms with Crippen LogP contribution in [0.15, 0.2) is 30.7 Å². The fourth-order valence-electron chi connectivity index (χ4n) is 1.66. The van der Waals surface area contributed by atoms with Crippen LogP contribution in [0, 0.1) is 3.57 Å². The lowest BCUT2D eigenvalue weighted by Crippen LogP contribution is -2.15. The zero-order valence-electron chi connectivity index (χ0n) is 9.39. The number of anilines is 2. The number of benzene rings is 1. The first-order chi connectivity index (χ1) is 8.83. The SMILES string of the molecule is Ic1cncnc1Nc1ccc2c(c1)OCCO2. The molecule has 18 heavy (non-hydrogen) atoms. The first-order valence-corrected chi connectivity index (χ1v) is 6.53. The predicted octanol–water partition coefficient (Wildman–Crippen LogP) is 2.60. The Balaban J connectivity index is 1.87. The van der Waals surface area contributed by atoms with Gasteiger partial charge in [-0.05, 0) is 34.7 Å². The van der Waals surface area contributed by atoms with E-state index in [0.717, 1.165) is 26.6 Å². The Morgan fingerprint density at radius 3 is 2.83 bits per heavy atom. The van der Waals surface area contributed by atoms with E-state index in [1.165, 1.54) is 6.33 Å². The minimum Gasteiger partial charge on any atom is -0.486 e. The number of hydrogen-bond acceptors (Lipinski definition) is 5. The molecule has 0 bridgehead atoms. The Bertz CT molecular complexity index is 577. The molecule has 1 N–H and O–H groups in total. The van der Waals surface area contributed by atoms with Crippen LogP contribution in [-0.2, 0) is 0 Å². The molecule has 2 aromatic rings. The second-order valence-electron chi connectivity index (χ2n) is 3.70. The Hall–Kier alpha value is -1.57. The van der Waals surface area contributed by atoms with Gasteiger partial charge in [-0.15, -0.1) is 0 Å². The highest BCUT2D eigenvalue weighted by Crippen LogP contribution is 2.33. The molecule has 1 aromatic carbocycles. The lowest BCUT2D eigenvalue weighted by Gasteiger charge is -2.19. The number of nitrogens with zero attached hydrogens (tertiary/aromatic N) is 2. The number of hydrogen-bond donors (Lipinski definition) is 1. The van der Waals surface area contributed by atoms with Crippen LogP contribution in [0.5, 0.6) is 11.5 Å². The third-order valence-corrected chi connectivity index (χ3v) is 3.26. The zero-order valence-corrected chi connectivity index (χ0v) is 11.5. The molecule has 0 atom stereocenters. The van der Waals surface area contributed by atoms with Crippen molar-refractivity contribution in [3.05, 3.63) is 34.3 Å². The number of rotatable bonds is 2. The standard InChI is InChI=1S/C12H10IN3O2/c13-9-6-14-7-15-12(9)16-8-1-2-10-11(5-8)18-4-3-17-10/h1-2,5-7H,3-4H2,(H,14,15,16). The molecule has 1 aliphatic rings. The van der Waals surface area contributed by atoms with Gasteiger partial charge < -0.3 is 14.8 Å². The van der Waals surface area contributed by atoms with Crippen LogP contribution in [0.25, 0.3) is 0 Å². The first-order valence-electron chi connectivity index (χ1n) is 5.45. The summed E-state index contributed by atoms with van der Waals surface area (Å²) in [5.41, 5.74) is 0.913. The van der Waals surface area contributed by atoms with E-state index in [1.54, 1.807) is 6.20 Å². The fourth-order valence-corrected chi connectivity index (χ4v) is 2.10. The lowest BCUT2D eigenvalue weighted by atomic mass is 10.2. The number of aromatic nitrogens is 2. The summed E-state index contributed by atoms with van der Waals surface area (Å²) in [6.07, 6.45) is 3.27. The Morgan fingerprint density at radius 1 is 1.17 bits per heavy atom. The molecule has 2 heterocycles. The summed E-state index contributed by atoms with van der Waals surface area (Å²) in [5.74, 6) is 2.32. The van der Waals surface area contributed by atoms with Gasteiger partial charge in [0.05, 0.1) is 3.57 Å². The quantitative estimate of drug-likeness (QED) is 0.840. The summed E-state index contributed by atoms with van der Waals surface area (Å²) in [4.78, 5) is 8.14. The molecule has 5 nitrogen and oxygen atoms in total. The van der Waals surface area contributed by atoms with Gasteiger partial charge in [0.1, 0.15) is 25.4 Å². The molecule has 0 saturated heterocycles. The summed E-state index contributed by atoms with van der Waals surface area (Å²) in [6, 6.07) is 5.74. The largest absolute Gasteiger partial charge is 0.486 e. The molecule has 0 radical (unpaired) electrons. The van der Waals surface area contributed by atoms with Crippen molar-refractivity contribution in [1.82, 2.24) is 9.97 Å². The first kappa shape index (κ1) is 11.5. The molecule has 0 fully saturated rings. The lowest BCUT2D eigenvalue weighted by molar-refractivity contribution is 0.171. The van der Waals surface area contributed by atoms with Crippen LogP contribution in [0.2, 0.25) is 0 Å². The van der Waals surface area contributed by atoms with Gasteiger partial charge in [0.15, 0.2) is 11.5 Å². The topological polar surface area (TPSA) is 56.3 Å². The third kappa shape index (κ3) is 2.33. The van der Waals surface area contributed by atoms with E-state index in [0.29, 0.717) is 13.2 Å². The molecule has 1 aromatic heterocycles. The molecule has 92 valence electrons. The van der Waals surface area contributed by atoms with Gasteiger partial charge in [0, 0.05) is 18.0 Å². The number of halogens is 1. The third-order valence-electron chi connectivity index (χ3n) is 2.47. The van der Waals surface area contributed by atoms with Gasteiger partial charge in [-0.25, -0.2) is 9.97 Å². The predicted molar refractivity (Wildman–Crippen MR) is 75.5 cm³/mol. The Morgan fingerprint density at radius 2 is 2.00 bits per heavy atom. The maximum absolute atomic E-state index is 5.53. The number of ether oxygens (including phenoxy) is 2. The second-order valence-corrected chi connectivity index (χ2v) is 4.86. The maximum Gasteiger partial charge on any atom is 0.163 e. The number of nitrogens with one attached hydrogen (secondary N) is 1. The van der Waals surface area contributed by atoms with Crippen LogP contribution >= 0.6 is 22.6 Å². The van der Waals surface area contributed by atoms with E-state index < -0.39 is 0 Å². The highest BCUT2D eigenvalue weighted by Gasteiger charge is 2.12. The normalized spacial score (nSPS) is 13.2. The van der Waals surface area contributed by atoms with Crippen molar-refractivity contribution in [3.8, 4) is 11.5 Å². The van der Waals surface area contributed by atoms with Gasteiger partial charge in [-0.2, -0.15) is 0 Å². The summed E-state index contributed by atoms with van der Waals surface area (Å²) in [5, 5.41) is 3.23. The molecule has 6 heteroatoms. The average Bonchev–Trinajstić information content (AvgIpc) is 2.41. The monoisotopic (exact) mass is 355 g/mol. The van der Waals surface area contributed by atoms with Crippen molar-refractivity contribution in [2.75, 3.05) is 18.5 Å². The minimum atomic E-state index is 0.585. The number of fused-ring (bicyclic) bond motifs is 1. The van der Waals surface area contributed by atoms with Gasteiger partial charge >= 0.3 is 0 Å². The average molecular weight is 355 g/mol. The Labute approximate surface area is 118 Å². The van der Waals surface area contributed by atoms with E-state index in [2.05, 4.69) is 37.9 Å². The van der Waals surface area contributed by atoms with Crippen LogP contribution in [0.4, 0.5) is 11.5 Å². The maximum atomic E-state index is 5.53. The van der Waals surface area contributed by atoms with Crippen molar-refractivity contribution in [2.45, 2.75) is 0 Å². The molecule has 3 rings (SSSR count). The minimum absolute atomic E-state index is 0.585. The van der Waals surface area contributed by atoms with E-state index in [4.69, 9.17) is 9.47 Å². The van der Waals surface area contributed by atoms with Gasteiger partial charge in [-0.3, -0.25) is 0 Å². The van der Waals surface area contributed by atoms with E-state index in [-0.39, 0.29) is 0 Å². The summed E-state index contributed by atoms with van der Waals surface area (Å²) >= 11 is 2.19. The molecule has 0 unspecified atom stereocenters. The van der Waals surface area contributed by atoms with Crippen molar-refractivity contribution in [2.24, 2.45) is 0 Å². The zero-order chi connectivity index (χ0) is 12.4. The van der Waals surface area contributed by atoms with E-state index in [9.17, 15) is 0 Å². The van der Waals surface area contributed by atoms with Crippen molar-refractivity contribution >= 4 is 34.1 Å². The van der Waals surface area contributed by atoms with Crippen LogP contribution < -0.4 is 14.8 Å². The van der Waals surface area contributed by atoms with Crippen molar-refractivity contribution in [3.63, 3.8) is 0 Å². The highest BCUT2D eigenvalue weighted by molar-refractivity contribution is 14.1. The smallest absolute Gasteiger partial charge is 0.163 e. The highest BCUT2D eigenvalue weighted by atomic mass is 127. The molecular weight excluding hydrogens is 345 g/mol. The summed E-state index contributed by atoms with van der Waals surface area (Å²) in [7, 11) is 0. The van der Waals surface area contributed by atoms with Crippen molar-refractivity contribution in [1.29, 1.82) is 0 Å². The van der Waals surface area contributed by atoms with E-state index >= 15 is 0 Å². The molecule has 0 spiro atoms. The molecule has 0 aliphatic carbocycles. The van der Waals surface area contributed by atoms with Crippen molar-refractivity contribution < 1.29 is 9.47 Å².